The molecule has 2 N–H and O–H groups in total. The summed E-state index contributed by atoms with van der Waals surface area (Å²) in [5.41, 5.74) is 0.313. The first-order valence-corrected chi connectivity index (χ1v) is 6.26. The van der Waals surface area contributed by atoms with Crippen molar-refractivity contribution >= 4 is 40.7 Å². The smallest absolute Gasteiger partial charge is 0.313 e. The Kier molecular flexibility index (Phi) is 5.44. The van der Waals surface area contributed by atoms with E-state index in [2.05, 4.69) is 10.6 Å². The lowest BCUT2D eigenvalue weighted by Gasteiger charge is -2.11. The second-order valence-corrected chi connectivity index (χ2v) is 4.70. The third kappa shape index (κ3) is 4.20. The van der Waals surface area contributed by atoms with Gasteiger partial charge in [-0.1, -0.05) is 30.1 Å². The first-order chi connectivity index (χ1) is 8.43. The van der Waals surface area contributed by atoms with E-state index < -0.39 is 11.8 Å². The molecule has 0 aliphatic heterocycles. The molecule has 1 aromatic carbocycles. The molecule has 0 aliphatic carbocycles. The molecule has 98 valence electrons. The molecule has 0 saturated heterocycles. The molecular formula is C12H14Cl2N2O2. The molecule has 4 nitrogen and oxygen atoms in total. The van der Waals surface area contributed by atoms with Gasteiger partial charge in [-0.05, 0) is 31.5 Å². The molecule has 0 radical (unpaired) electrons. The molecule has 0 spiro atoms. The fraction of sp³-hybridized carbons (Fsp3) is 0.333. The number of nitrogens with one attached hydrogen (secondary N) is 2. The van der Waals surface area contributed by atoms with Crippen LogP contribution in [0.2, 0.25) is 10.0 Å². The van der Waals surface area contributed by atoms with Gasteiger partial charge in [0.1, 0.15) is 0 Å². The lowest BCUT2D eigenvalue weighted by molar-refractivity contribution is -0.136. The third-order valence-corrected chi connectivity index (χ3v) is 2.94. The summed E-state index contributed by atoms with van der Waals surface area (Å²) in [7, 11) is 0. The van der Waals surface area contributed by atoms with Crippen LogP contribution in [0.25, 0.3) is 0 Å². The number of benzene rings is 1. The largest absolute Gasteiger partial charge is 0.345 e. The summed E-state index contributed by atoms with van der Waals surface area (Å²) in [5.74, 6) is -1.46. The topological polar surface area (TPSA) is 58.2 Å². The van der Waals surface area contributed by atoms with E-state index in [1.54, 1.807) is 12.1 Å². The zero-order valence-corrected chi connectivity index (χ0v) is 11.6. The van der Waals surface area contributed by atoms with E-state index in [0.717, 1.165) is 6.42 Å². The van der Waals surface area contributed by atoms with E-state index in [1.165, 1.54) is 6.07 Å². The Bertz CT molecular complexity index is 463. The highest BCUT2D eigenvalue weighted by atomic mass is 35.5. The lowest BCUT2D eigenvalue weighted by Crippen LogP contribution is -2.40. The predicted octanol–water partition coefficient (Wildman–Crippen LogP) is 2.85. The molecule has 2 amide bonds. The van der Waals surface area contributed by atoms with Crippen LogP contribution in [0.4, 0.5) is 5.69 Å². The normalized spacial score (nSPS) is 11.8. The van der Waals surface area contributed by atoms with Crippen LogP contribution in [0.15, 0.2) is 18.2 Å². The number of halogens is 2. The van der Waals surface area contributed by atoms with E-state index in [-0.39, 0.29) is 6.04 Å². The predicted molar refractivity (Wildman–Crippen MR) is 73.0 cm³/mol. The maximum absolute atomic E-state index is 11.6. The highest BCUT2D eigenvalue weighted by Crippen LogP contribution is 2.25. The highest BCUT2D eigenvalue weighted by molar-refractivity contribution is 6.42. The van der Waals surface area contributed by atoms with Crippen LogP contribution < -0.4 is 10.6 Å². The fourth-order valence-corrected chi connectivity index (χ4v) is 1.50. The first kappa shape index (κ1) is 14.8. The van der Waals surface area contributed by atoms with Crippen LogP contribution in [0, 0.1) is 0 Å². The van der Waals surface area contributed by atoms with Gasteiger partial charge in [-0.25, -0.2) is 0 Å². The van der Waals surface area contributed by atoms with Crippen molar-refractivity contribution in [2.75, 3.05) is 5.32 Å². The number of hydrogen-bond donors (Lipinski definition) is 2. The molecule has 0 fully saturated rings. The number of hydrogen-bond acceptors (Lipinski definition) is 2. The average molecular weight is 289 g/mol. The first-order valence-electron chi connectivity index (χ1n) is 5.51. The van der Waals surface area contributed by atoms with Gasteiger partial charge in [0.25, 0.3) is 0 Å². The molecule has 1 unspecified atom stereocenters. The summed E-state index contributed by atoms with van der Waals surface area (Å²) >= 11 is 11.6. The van der Waals surface area contributed by atoms with Crippen LogP contribution in [0.3, 0.4) is 0 Å². The number of anilines is 1. The highest BCUT2D eigenvalue weighted by Gasteiger charge is 2.16. The molecule has 1 rings (SSSR count). The zero-order chi connectivity index (χ0) is 13.7. The van der Waals surface area contributed by atoms with Gasteiger partial charge in [-0.3, -0.25) is 9.59 Å². The maximum atomic E-state index is 11.6. The second kappa shape index (κ2) is 6.61. The van der Waals surface area contributed by atoms with Crippen molar-refractivity contribution in [1.82, 2.24) is 5.32 Å². The summed E-state index contributed by atoms with van der Waals surface area (Å²) in [6, 6.07) is 4.57. The maximum Gasteiger partial charge on any atom is 0.313 e. The van der Waals surface area contributed by atoms with Gasteiger partial charge in [-0.2, -0.15) is 0 Å². The minimum Gasteiger partial charge on any atom is -0.345 e. The van der Waals surface area contributed by atoms with E-state index in [0.29, 0.717) is 15.7 Å². The quantitative estimate of drug-likeness (QED) is 0.841. The summed E-state index contributed by atoms with van der Waals surface area (Å²) < 4.78 is 0. The van der Waals surface area contributed by atoms with Crippen molar-refractivity contribution in [2.45, 2.75) is 26.3 Å². The van der Waals surface area contributed by atoms with Crippen LogP contribution in [0.1, 0.15) is 20.3 Å². The van der Waals surface area contributed by atoms with E-state index in [9.17, 15) is 9.59 Å². The minimum absolute atomic E-state index is 0.0573. The standard InChI is InChI=1S/C12H14Cl2N2O2/c1-3-7(2)15-11(17)12(18)16-10-6-8(13)4-5-9(10)14/h4-7H,3H2,1-2H3,(H,15,17)(H,16,18). The molecule has 0 bridgehead atoms. The number of rotatable bonds is 3. The second-order valence-electron chi connectivity index (χ2n) is 3.86. The fourth-order valence-electron chi connectivity index (χ4n) is 1.16. The molecule has 0 saturated carbocycles. The zero-order valence-electron chi connectivity index (χ0n) is 10.1. The Hall–Kier alpha value is -1.26. The van der Waals surface area contributed by atoms with Crippen molar-refractivity contribution in [3.05, 3.63) is 28.2 Å². The van der Waals surface area contributed by atoms with Crippen molar-refractivity contribution in [3.63, 3.8) is 0 Å². The Morgan fingerprint density at radius 3 is 2.56 bits per heavy atom. The Labute approximate surface area is 116 Å². The van der Waals surface area contributed by atoms with Crippen LogP contribution in [-0.2, 0) is 9.59 Å². The van der Waals surface area contributed by atoms with E-state index in [4.69, 9.17) is 23.2 Å². The van der Waals surface area contributed by atoms with Crippen molar-refractivity contribution in [3.8, 4) is 0 Å². The minimum atomic E-state index is -0.764. The number of carbonyl (C=O) groups is 2. The van der Waals surface area contributed by atoms with Crippen LogP contribution in [0.5, 0.6) is 0 Å². The molecule has 0 aromatic heterocycles. The van der Waals surface area contributed by atoms with Crippen LogP contribution >= 0.6 is 23.2 Å². The van der Waals surface area contributed by atoms with Gasteiger partial charge in [0.15, 0.2) is 0 Å². The Balaban J connectivity index is 2.69. The Morgan fingerprint density at radius 1 is 1.28 bits per heavy atom. The van der Waals surface area contributed by atoms with Gasteiger partial charge >= 0.3 is 11.8 Å². The van der Waals surface area contributed by atoms with Gasteiger partial charge in [0.2, 0.25) is 0 Å². The lowest BCUT2D eigenvalue weighted by atomic mass is 10.2. The van der Waals surface area contributed by atoms with Crippen molar-refractivity contribution in [2.24, 2.45) is 0 Å². The van der Waals surface area contributed by atoms with Crippen LogP contribution in [-0.4, -0.2) is 17.9 Å². The number of carbonyl (C=O) groups excluding carboxylic acids is 2. The summed E-state index contributed by atoms with van der Waals surface area (Å²) in [6.45, 7) is 3.73. The monoisotopic (exact) mass is 288 g/mol. The van der Waals surface area contributed by atoms with E-state index in [1.807, 2.05) is 13.8 Å². The molecule has 18 heavy (non-hydrogen) atoms. The number of amides is 2. The van der Waals surface area contributed by atoms with Gasteiger partial charge in [0, 0.05) is 11.1 Å². The van der Waals surface area contributed by atoms with Crippen molar-refractivity contribution < 1.29 is 9.59 Å². The Morgan fingerprint density at radius 2 is 1.94 bits per heavy atom. The average Bonchev–Trinajstić information content (AvgIpc) is 2.33. The molecular weight excluding hydrogens is 275 g/mol. The summed E-state index contributed by atoms with van der Waals surface area (Å²) in [5, 5.41) is 5.72. The van der Waals surface area contributed by atoms with Crippen molar-refractivity contribution in [1.29, 1.82) is 0 Å². The molecule has 1 aromatic rings. The summed E-state index contributed by atoms with van der Waals surface area (Å²) in [6.07, 6.45) is 0.747. The van der Waals surface area contributed by atoms with Gasteiger partial charge < -0.3 is 10.6 Å². The molecule has 0 aliphatic rings. The van der Waals surface area contributed by atoms with Gasteiger partial charge in [0.05, 0.1) is 10.7 Å². The summed E-state index contributed by atoms with van der Waals surface area (Å²) in [4.78, 5) is 23.1. The third-order valence-electron chi connectivity index (χ3n) is 2.37. The SMILES string of the molecule is CCC(C)NC(=O)C(=O)Nc1cc(Cl)ccc1Cl. The van der Waals surface area contributed by atoms with Gasteiger partial charge in [-0.15, -0.1) is 0 Å². The molecule has 0 heterocycles. The molecule has 1 atom stereocenters. The van der Waals surface area contributed by atoms with E-state index >= 15 is 0 Å². The molecule has 6 heteroatoms.